The fourth-order valence-electron chi connectivity index (χ4n) is 1.37. The number of benzene rings is 1. The van der Waals surface area contributed by atoms with Crippen molar-refractivity contribution in [1.29, 1.82) is 0 Å². The third-order valence-corrected chi connectivity index (χ3v) is 3.00. The first kappa shape index (κ1) is 9.52. The number of halogens is 1. The highest BCUT2D eigenvalue weighted by molar-refractivity contribution is 9.10. The molecule has 1 N–H and O–H groups in total. The molecule has 0 spiro atoms. The molecule has 14 heavy (non-hydrogen) atoms. The van der Waals surface area contributed by atoms with E-state index in [0.29, 0.717) is 24.5 Å². The summed E-state index contributed by atoms with van der Waals surface area (Å²) < 4.78 is 6.38. The van der Waals surface area contributed by atoms with Crippen LogP contribution in [0.3, 0.4) is 0 Å². The van der Waals surface area contributed by atoms with Crippen LogP contribution in [0.4, 0.5) is 0 Å². The lowest BCUT2D eigenvalue weighted by molar-refractivity contribution is 0.0957. The summed E-state index contributed by atoms with van der Waals surface area (Å²) in [5, 5.41) is 2.76. The molecule has 0 bridgehead atoms. The van der Waals surface area contributed by atoms with Gasteiger partial charge in [-0.25, -0.2) is 0 Å². The van der Waals surface area contributed by atoms with E-state index in [1.165, 1.54) is 0 Å². The fraction of sp³-hybridized carbons (Fsp3) is 0.300. The van der Waals surface area contributed by atoms with Gasteiger partial charge in [-0.1, -0.05) is 15.9 Å². The first-order valence-corrected chi connectivity index (χ1v) is 5.19. The van der Waals surface area contributed by atoms with Crippen molar-refractivity contribution in [3.05, 3.63) is 27.7 Å². The lowest BCUT2D eigenvalue weighted by Crippen LogP contribution is -2.24. The SMILES string of the molecule is Cc1cc2c(cc1Br)C(=O)NCCO2. The van der Waals surface area contributed by atoms with Gasteiger partial charge in [0.05, 0.1) is 12.1 Å². The number of carbonyl (C=O) groups excluding carboxylic acids is 1. The van der Waals surface area contributed by atoms with Crippen molar-refractivity contribution >= 4 is 21.8 Å². The van der Waals surface area contributed by atoms with E-state index in [9.17, 15) is 4.79 Å². The van der Waals surface area contributed by atoms with Crippen LogP contribution in [0.15, 0.2) is 16.6 Å². The molecule has 1 aliphatic heterocycles. The monoisotopic (exact) mass is 255 g/mol. The topological polar surface area (TPSA) is 38.3 Å². The molecule has 1 aromatic carbocycles. The normalized spacial score (nSPS) is 15.1. The molecule has 1 heterocycles. The Labute approximate surface area is 90.6 Å². The molecule has 1 aliphatic rings. The van der Waals surface area contributed by atoms with Crippen molar-refractivity contribution in [2.75, 3.05) is 13.2 Å². The Balaban J connectivity index is 2.54. The second kappa shape index (κ2) is 3.61. The van der Waals surface area contributed by atoms with E-state index in [1.54, 1.807) is 6.07 Å². The minimum absolute atomic E-state index is 0.0711. The van der Waals surface area contributed by atoms with Crippen LogP contribution in [0, 0.1) is 6.92 Å². The Morgan fingerprint density at radius 3 is 3.07 bits per heavy atom. The van der Waals surface area contributed by atoms with Crippen molar-refractivity contribution in [2.45, 2.75) is 6.92 Å². The Bertz CT molecular complexity index is 390. The van der Waals surface area contributed by atoms with E-state index in [0.717, 1.165) is 10.0 Å². The largest absolute Gasteiger partial charge is 0.491 e. The Kier molecular flexibility index (Phi) is 2.46. The first-order valence-electron chi connectivity index (χ1n) is 4.39. The van der Waals surface area contributed by atoms with Crippen LogP contribution < -0.4 is 10.1 Å². The molecule has 0 atom stereocenters. The molecule has 0 fully saturated rings. The van der Waals surface area contributed by atoms with Gasteiger partial charge in [-0.15, -0.1) is 0 Å². The number of hydrogen-bond acceptors (Lipinski definition) is 2. The quantitative estimate of drug-likeness (QED) is 0.769. The zero-order valence-electron chi connectivity index (χ0n) is 7.76. The summed E-state index contributed by atoms with van der Waals surface area (Å²) in [6.07, 6.45) is 0. The number of ether oxygens (including phenoxy) is 1. The van der Waals surface area contributed by atoms with Crippen LogP contribution in [0.25, 0.3) is 0 Å². The fourth-order valence-corrected chi connectivity index (χ4v) is 1.72. The molecule has 74 valence electrons. The van der Waals surface area contributed by atoms with Gasteiger partial charge < -0.3 is 10.1 Å². The lowest BCUT2D eigenvalue weighted by Gasteiger charge is -2.07. The van der Waals surface area contributed by atoms with Crippen LogP contribution in [0.1, 0.15) is 15.9 Å². The zero-order valence-corrected chi connectivity index (χ0v) is 9.35. The number of carbonyl (C=O) groups is 1. The molecule has 1 amide bonds. The van der Waals surface area contributed by atoms with Crippen molar-refractivity contribution in [3.63, 3.8) is 0 Å². The predicted octanol–water partition coefficient (Wildman–Crippen LogP) is 1.88. The number of fused-ring (bicyclic) bond motifs is 1. The molecule has 1 aromatic rings. The van der Waals surface area contributed by atoms with E-state index in [1.807, 2.05) is 13.0 Å². The van der Waals surface area contributed by atoms with E-state index < -0.39 is 0 Å². The zero-order chi connectivity index (χ0) is 10.1. The molecule has 0 saturated carbocycles. The summed E-state index contributed by atoms with van der Waals surface area (Å²) in [4.78, 5) is 11.6. The van der Waals surface area contributed by atoms with Gasteiger partial charge in [0, 0.05) is 4.47 Å². The van der Waals surface area contributed by atoms with Gasteiger partial charge in [0.25, 0.3) is 5.91 Å². The summed E-state index contributed by atoms with van der Waals surface area (Å²) >= 11 is 3.39. The van der Waals surface area contributed by atoms with Crippen LogP contribution in [0.2, 0.25) is 0 Å². The molecular weight excluding hydrogens is 246 g/mol. The van der Waals surface area contributed by atoms with E-state index >= 15 is 0 Å². The second-order valence-corrected chi connectivity index (χ2v) is 4.06. The van der Waals surface area contributed by atoms with Crippen LogP contribution in [0.5, 0.6) is 5.75 Å². The average molecular weight is 256 g/mol. The third kappa shape index (κ3) is 1.62. The van der Waals surface area contributed by atoms with Gasteiger partial charge in [0.15, 0.2) is 0 Å². The van der Waals surface area contributed by atoms with E-state index in [4.69, 9.17) is 4.74 Å². The molecule has 2 rings (SSSR count). The van der Waals surface area contributed by atoms with Gasteiger partial charge in [-0.3, -0.25) is 4.79 Å². The third-order valence-electron chi connectivity index (χ3n) is 2.15. The van der Waals surface area contributed by atoms with Gasteiger partial charge in [0.1, 0.15) is 12.4 Å². The number of nitrogens with one attached hydrogen (secondary N) is 1. The van der Waals surface area contributed by atoms with E-state index in [-0.39, 0.29) is 5.91 Å². The smallest absolute Gasteiger partial charge is 0.255 e. The Morgan fingerprint density at radius 1 is 1.50 bits per heavy atom. The van der Waals surface area contributed by atoms with Crippen LogP contribution in [-0.4, -0.2) is 19.1 Å². The van der Waals surface area contributed by atoms with Crippen molar-refractivity contribution in [3.8, 4) is 5.75 Å². The minimum Gasteiger partial charge on any atom is -0.491 e. The molecule has 0 saturated heterocycles. The molecule has 0 radical (unpaired) electrons. The van der Waals surface area contributed by atoms with Crippen LogP contribution >= 0.6 is 15.9 Å². The van der Waals surface area contributed by atoms with Gasteiger partial charge in [0.2, 0.25) is 0 Å². The number of amides is 1. The summed E-state index contributed by atoms with van der Waals surface area (Å²) in [5.41, 5.74) is 1.67. The standard InChI is InChI=1S/C10H10BrNO2/c1-6-4-9-7(5-8(6)11)10(13)12-2-3-14-9/h4-5H,2-3H2,1H3,(H,12,13). The molecule has 0 aromatic heterocycles. The van der Waals surface area contributed by atoms with Crippen LogP contribution in [-0.2, 0) is 0 Å². The Hall–Kier alpha value is -1.03. The molecular formula is C10H10BrNO2. The first-order chi connectivity index (χ1) is 6.68. The highest BCUT2D eigenvalue weighted by Gasteiger charge is 2.17. The van der Waals surface area contributed by atoms with Gasteiger partial charge >= 0.3 is 0 Å². The van der Waals surface area contributed by atoms with Gasteiger partial charge in [-0.2, -0.15) is 0 Å². The summed E-state index contributed by atoms with van der Waals surface area (Å²) in [6, 6.07) is 3.68. The van der Waals surface area contributed by atoms with Crippen molar-refractivity contribution in [2.24, 2.45) is 0 Å². The average Bonchev–Trinajstić information content (AvgIpc) is 2.31. The maximum Gasteiger partial charge on any atom is 0.255 e. The minimum atomic E-state index is -0.0711. The number of aryl methyl sites for hydroxylation is 1. The highest BCUT2D eigenvalue weighted by atomic mass is 79.9. The van der Waals surface area contributed by atoms with Gasteiger partial charge in [-0.05, 0) is 24.6 Å². The number of rotatable bonds is 0. The summed E-state index contributed by atoms with van der Waals surface area (Å²) in [5.74, 6) is 0.596. The second-order valence-electron chi connectivity index (χ2n) is 3.20. The highest BCUT2D eigenvalue weighted by Crippen LogP contribution is 2.27. The molecule has 0 aliphatic carbocycles. The van der Waals surface area contributed by atoms with Crippen molar-refractivity contribution < 1.29 is 9.53 Å². The van der Waals surface area contributed by atoms with E-state index in [2.05, 4.69) is 21.2 Å². The number of hydrogen-bond donors (Lipinski definition) is 1. The van der Waals surface area contributed by atoms with Crippen molar-refractivity contribution in [1.82, 2.24) is 5.32 Å². The summed E-state index contributed by atoms with van der Waals surface area (Å²) in [6.45, 7) is 3.06. The maximum atomic E-state index is 11.6. The molecule has 3 nitrogen and oxygen atoms in total. The predicted molar refractivity (Wildman–Crippen MR) is 56.7 cm³/mol. The molecule has 4 heteroatoms. The maximum absolute atomic E-state index is 11.6. The summed E-state index contributed by atoms with van der Waals surface area (Å²) in [7, 11) is 0. The lowest BCUT2D eigenvalue weighted by atomic mass is 10.1. The molecule has 0 unspecified atom stereocenters. The Morgan fingerprint density at radius 2 is 2.29 bits per heavy atom.